The maximum atomic E-state index is 12.5. The van der Waals surface area contributed by atoms with Crippen molar-refractivity contribution in [1.29, 1.82) is 0 Å². The molecule has 3 aromatic rings. The number of benzene rings is 3. The molecule has 2 fully saturated rings. The average Bonchev–Trinajstić information content (AvgIpc) is 2.98. The third-order valence-corrected chi connectivity index (χ3v) is 7.96. The molecule has 0 spiro atoms. The normalized spacial score (nSPS) is 17.4. The minimum Gasteiger partial charge on any atom is -0.490 e. The molecule has 2 saturated heterocycles. The van der Waals surface area contributed by atoms with Gasteiger partial charge in [0.15, 0.2) is 0 Å². The molecule has 0 atom stereocenters. The molecule has 1 N–H and O–H groups in total. The molecule has 2 heterocycles. The highest BCUT2D eigenvalue weighted by atomic mass is 16.5. The van der Waals surface area contributed by atoms with Gasteiger partial charge in [-0.25, -0.2) is 0 Å². The van der Waals surface area contributed by atoms with Crippen molar-refractivity contribution in [1.82, 2.24) is 15.1 Å². The minimum absolute atomic E-state index is 0.00625. The SMILES string of the molecule is O=C(NCCN1CCCCC1)c1ccc(OC2CCN(CC(c3ccccc3)c3ccccc3)CC2)cc1. The Morgan fingerprint density at radius 1 is 0.763 bits per heavy atom. The highest BCUT2D eigenvalue weighted by Gasteiger charge is 2.24. The van der Waals surface area contributed by atoms with E-state index in [1.807, 2.05) is 24.3 Å². The second kappa shape index (κ2) is 13.6. The summed E-state index contributed by atoms with van der Waals surface area (Å²) in [4.78, 5) is 17.6. The quantitative estimate of drug-likeness (QED) is 0.386. The van der Waals surface area contributed by atoms with Gasteiger partial charge < -0.3 is 19.9 Å². The number of hydrogen-bond acceptors (Lipinski definition) is 4. The van der Waals surface area contributed by atoms with Crippen LogP contribution in [-0.2, 0) is 0 Å². The fourth-order valence-electron chi connectivity index (χ4n) is 5.73. The van der Waals surface area contributed by atoms with Crippen molar-refractivity contribution in [2.45, 2.75) is 44.1 Å². The van der Waals surface area contributed by atoms with Crippen LogP contribution in [0.5, 0.6) is 5.75 Å². The van der Waals surface area contributed by atoms with Gasteiger partial charge in [0, 0.05) is 44.2 Å². The van der Waals surface area contributed by atoms with Gasteiger partial charge in [-0.15, -0.1) is 0 Å². The van der Waals surface area contributed by atoms with Crippen LogP contribution in [0.2, 0.25) is 0 Å². The Hall–Kier alpha value is -3.15. The highest BCUT2D eigenvalue weighted by molar-refractivity contribution is 5.94. The van der Waals surface area contributed by atoms with Gasteiger partial charge >= 0.3 is 0 Å². The van der Waals surface area contributed by atoms with Gasteiger partial charge in [-0.2, -0.15) is 0 Å². The lowest BCUT2D eigenvalue weighted by atomic mass is 9.90. The van der Waals surface area contributed by atoms with E-state index in [0.717, 1.165) is 57.9 Å². The van der Waals surface area contributed by atoms with E-state index in [1.54, 1.807) is 0 Å². The third kappa shape index (κ3) is 7.46. The standard InChI is InChI=1S/C33H41N3O2/c37-33(34-20-25-35-21-8-3-9-22-35)29-14-16-30(17-15-29)38-31-18-23-36(24-19-31)26-32(27-10-4-1-5-11-27)28-12-6-2-7-13-28/h1-2,4-7,10-17,31-32H,3,8-9,18-26H2,(H,34,37). The van der Waals surface area contributed by atoms with Crippen molar-refractivity contribution in [2.75, 3.05) is 45.8 Å². The summed E-state index contributed by atoms with van der Waals surface area (Å²) in [5, 5.41) is 3.06. The first-order valence-electron chi connectivity index (χ1n) is 14.3. The summed E-state index contributed by atoms with van der Waals surface area (Å²) in [6.07, 6.45) is 6.11. The molecule has 200 valence electrons. The maximum absolute atomic E-state index is 12.5. The zero-order chi connectivity index (χ0) is 26.0. The van der Waals surface area contributed by atoms with Crippen molar-refractivity contribution in [2.24, 2.45) is 0 Å². The fourth-order valence-corrected chi connectivity index (χ4v) is 5.73. The first-order valence-corrected chi connectivity index (χ1v) is 14.3. The van der Waals surface area contributed by atoms with Crippen LogP contribution in [-0.4, -0.2) is 67.6 Å². The smallest absolute Gasteiger partial charge is 0.251 e. The zero-order valence-electron chi connectivity index (χ0n) is 22.4. The van der Waals surface area contributed by atoms with Crippen LogP contribution >= 0.6 is 0 Å². The maximum Gasteiger partial charge on any atom is 0.251 e. The van der Waals surface area contributed by atoms with E-state index >= 15 is 0 Å². The van der Waals surface area contributed by atoms with Gasteiger partial charge in [-0.3, -0.25) is 4.79 Å². The summed E-state index contributed by atoms with van der Waals surface area (Å²) in [5.41, 5.74) is 3.43. The summed E-state index contributed by atoms with van der Waals surface area (Å²) in [6.45, 7) is 7.01. The number of amides is 1. The van der Waals surface area contributed by atoms with Gasteiger partial charge in [0.1, 0.15) is 11.9 Å². The molecule has 5 heteroatoms. The first-order chi connectivity index (χ1) is 18.7. The Labute approximate surface area is 227 Å². The molecular weight excluding hydrogens is 470 g/mol. The monoisotopic (exact) mass is 511 g/mol. The van der Waals surface area contributed by atoms with E-state index < -0.39 is 0 Å². The molecule has 0 unspecified atom stereocenters. The number of carbonyl (C=O) groups is 1. The lowest BCUT2D eigenvalue weighted by Gasteiger charge is -2.34. The van der Waals surface area contributed by atoms with E-state index in [9.17, 15) is 4.79 Å². The molecule has 0 aliphatic carbocycles. The van der Waals surface area contributed by atoms with Gasteiger partial charge in [0.2, 0.25) is 0 Å². The summed E-state index contributed by atoms with van der Waals surface area (Å²) in [7, 11) is 0. The summed E-state index contributed by atoms with van der Waals surface area (Å²) >= 11 is 0. The predicted octanol–water partition coefficient (Wildman–Crippen LogP) is 5.58. The highest BCUT2D eigenvalue weighted by Crippen LogP contribution is 2.28. The predicted molar refractivity (Wildman–Crippen MR) is 154 cm³/mol. The Balaban J connectivity index is 1.08. The lowest BCUT2D eigenvalue weighted by molar-refractivity contribution is 0.0945. The van der Waals surface area contributed by atoms with E-state index in [4.69, 9.17) is 4.74 Å². The lowest BCUT2D eigenvalue weighted by Crippen LogP contribution is -2.40. The zero-order valence-corrected chi connectivity index (χ0v) is 22.4. The van der Waals surface area contributed by atoms with Crippen LogP contribution in [0.15, 0.2) is 84.9 Å². The van der Waals surface area contributed by atoms with Crippen molar-refractivity contribution < 1.29 is 9.53 Å². The molecule has 0 radical (unpaired) electrons. The molecule has 5 nitrogen and oxygen atoms in total. The molecule has 2 aliphatic heterocycles. The minimum atomic E-state index is -0.00625. The summed E-state index contributed by atoms with van der Waals surface area (Å²) in [5.74, 6) is 1.21. The third-order valence-electron chi connectivity index (χ3n) is 7.96. The molecular formula is C33H41N3O2. The summed E-state index contributed by atoms with van der Waals surface area (Å²) in [6, 6.07) is 29.3. The van der Waals surface area contributed by atoms with Crippen molar-refractivity contribution in [3.63, 3.8) is 0 Å². The Kier molecular flexibility index (Phi) is 9.46. The van der Waals surface area contributed by atoms with Gasteiger partial charge in [0.05, 0.1) is 0 Å². The molecule has 0 aromatic heterocycles. The van der Waals surface area contributed by atoms with Crippen LogP contribution in [0.1, 0.15) is 59.5 Å². The number of nitrogens with zero attached hydrogens (tertiary/aromatic N) is 2. The molecule has 0 saturated carbocycles. The van der Waals surface area contributed by atoms with Crippen LogP contribution in [0.4, 0.5) is 0 Å². The van der Waals surface area contributed by atoms with Crippen molar-refractivity contribution in [3.8, 4) is 5.75 Å². The van der Waals surface area contributed by atoms with E-state index in [-0.39, 0.29) is 12.0 Å². The van der Waals surface area contributed by atoms with Crippen LogP contribution in [0, 0.1) is 0 Å². The van der Waals surface area contributed by atoms with Crippen LogP contribution < -0.4 is 10.1 Å². The fraction of sp³-hybridized carbons (Fsp3) is 0.424. The number of ether oxygens (including phenoxy) is 1. The number of rotatable bonds is 10. The number of likely N-dealkylation sites (tertiary alicyclic amines) is 2. The molecule has 0 bridgehead atoms. The second-order valence-electron chi connectivity index (χ2n) is 10.7. The first kappa shape index (κ1) is 26.5. The van der Waals surface area contributed by atoms with Crippen LogP contribution in [0.25, 0.3) is 0 Å². The van der Waals surface area contributed by atoms with E-state index in [0.29, 0.717) is 18.0 Å². The number of nitrogens with one attached hydrogen (secondary N) is 1. The molecule has 2 aliphatic rings. The Bertz CT molecular complexity index is 1070. The molecule has 38 heavy (non-hydrogen) atoms. The average molecular weight is 512 g/mol. The van der Waals surface area contributed by atoms with Gasteiger partial charge in [-0.1, -0.05) is 67.1 Å². The number of hydrogen-bond donors (Lipinski definition) is 1. The Morgan fingerprint density at radius 3 is 1.97 bits per heavy atom. The molecule has 5 rings (SSSR count). The van der Waals surface area contributed by atoms with Gasteiger partial charge in [-0.05, 0) is 74.2 Å². The largest absolute Gasteiger partial charge is 0.490 e. The van der Waals surface area contributed by atoms with Crippen molar-refractivity contribution in [3.05, 3.63) is 102 Å². The Morgan fingerprint density at radius 2 is 1.37 bits per heavy atom. The second-order valence-corrected chi connectivity index (χ2v) is 10.7. The summed E-state index contributed by atoms with van der Waals surface area (Å²) < 4.78 is 6.31. The van der Waals surface area contributed by atoms with E-state index in [1.165, 1.54) is 30.4 Å². The molecule has 3 aromatic carbocycles. The number of piperidine rings is 2. The van der Waals surface area contributed by atoms with Crippen LogP contribution in [0.3, 0.4) is 0 Å². The topological polar surface area (TPSA) is 44.8 Å². The molecule has 1 amide bonds. The van der Waals surface area contributed by atoms with Crippen molar-refractivity contribution >= 4 is 5.91 Å². The van der Waals surface area contributed by atoms with E-state index in [2.05, 4.69) is 75.8 Å². The number of carbonyl (C=O) groups excluding carboxylic acids is 1. The van der Waals surface area contributed by atoms with Gasteiger partial charge in [0.25, 0.3) is 5.91 Å².